The Bertz CT molecular complexity index is 665. The Hall–Kier alpha value is -1.53. The van der Waals surface area contributed by atoms with E-state index >= 15 is 0 Å². The zero-order valence-corrected chi connectivity index (χ0v) is 16.3. The molecule has 0 saturated heterocycles. The number of nitrogens with zero attached hydrogens (tertiary/aromatic N) is 1. The molecule has 2 saturated carbocycles. The zero-order valence-electron chi connectivity index (χ0n) is 15.5. The second kappa shape index (κ2) is 8.91. The first-order chi connectivity index (χ1) is 12.6. The number of esters is 1. The third kappa shape index (κ3) is 4.60. The van der Waals surface area contributed by atoms with Crippen molar-refractivity contribution in [3.05, 3.63) is 28.8 Å². The molecule has 3 rings (SSSR count). The minimum atomic E-state index is -0.197. The van der Waals surface area contributed by atoms with E-state index in [1.165, 1.54) is 38.2 Å². The van der Waals surface area contributed by atoms with Crippen LogP contribution < -0.4 is 4.74 Å². The maximum Gasteiger partial charge on any atom is 0.314 e. The molecule has 1 aromatic rings. The molecule has 0 N–H and O–H groups in total. The van der Waals surface area contributed by atoms with Crippen molar-refractivity contribution in [3.63, 3.8) is 0 Å². The summed E-state index contributed by atoms with van der Waals surface area (Å²) in [5, 5.41) is 9.65. The smallest absolute Gasteiger partial charge is 0.314 e. The van der Waals surface area contributed by atoms with Gasteiger partial charge in [0, 0.05) is 5.02 Å². The lowest BCUT2D eigenvalue weighted by Gasteiger charge is -2.37. The number of nitriles is 1. The highest BCUT2D eigenvalue weighted by Crippen LogP contribution is 2.42. The van der Waals surface area contributed by atoms with Gasteiger partial charge in [0.1, 0.15) is 11.8 Å². The highest BCUT2D eigenvalue weighted by atomic mass is 35.5. The average Bonchev–Trinajstić information content (AvgIpc) is 2.69. The normalized spacial score (nSPS) is 29.0. The molecule has 0 atom stereocenters. The maximum atomic E-state index is 12.5. The number of halogens is 1. The summed E-state index contributed by atoms with van der Waals surface area (Å²) in [7, 11) is 0. The third-order valence-corrected chi connectivity index (χ3v) is 6.75. The van der Waals surface area contributed by atoms with Crippen LogP contribution in [0, 0.1) is 35.0 Å². The fourth-order valence-corrected chi connectivity index (χ4v) is 4.94. The standard InChI is InChI=1S/C22H28ClNO2/c1-2-15-3-5-16(6-4-15)17-7-9-18(10-8-17)22(25)26-21-12-11-20(23)13-19(21)14-24/h11-13,15-18H,2-10H2,1H3/t15-,16-,17-,18-. The minimum absolute atomic E-state index is 0.0412. The van der Waals surface area contributed by atoms with Crippen molar-refractivity contribution in [2.24, 2.45) is 23.7 Å². The van der Waals surface area contributed by atoms with Crippen LogP contribution in [0.2, 0.25) is 5.02 Å². The summed E-state index contributed by atoms with van der Waals surface area (Å²) >= 11 is 5.90. The van der Waals surface area contributed by atoms with Crippen molar-refractivity contribution in [2.45, 2.75) is 64.7 Å². The topological polar surface area (TPSA) is 50.1 Å². The molecule has 2 aliphatic carbocycles. The van der Waals surface area contributed by atoms with Crippen LogP contribution in [-0.4, -0.2) is 5.97 Å². The van der Waals surface area contributed by atoms with Gasteiger partial charge in [0.2, 0.25) is 0 Å². The molecular weight excluding hydrogens is 346 g/mol. The molecule has 0 spiro atoms. The van der Waals surface area contributed by atoms with Gasteiger partial charge in [-0.2, -0.15) is 5.26 Å². The van der Waals surface area contributed by atoms with Crippen LogP contribution in [0.5, 0.6) is 5.75 Å². The van der Waals surface area contributed by atoms with E-state index in [0.717, 1.165) is 43.4 Å². The quantitative estimate of drug-likeness (QED) is 0.470. The van der Waals surface area contributed by atoms with Crippen molar-refractivity contribution >= 4 is 17.6 Å². The molecule has 4 heteroatoms. The Morgan fingerprint density at radius 3 is 2.31 bits per heavy atom. The van der Waals surface area contributed by atoms with Gasteiger partial charge in [-0.3, -0.25) is 4.79 Å². The number of benzene rings is 1. The van der Waals surface area contributed by atoms with Gasteiger partial charge in [0.05, 0.1) is 11.5 Å². The van der Waals surface area contributed by atoms with Crippen LogP contribution >= 0.6 is 11.6 Å². The highest BCUT2D eigenvalue weighted by Gasteiger charge is 2.33. The summed E-state index contributed by atoms with van der Waals surface area (Å²) in [6.07, 6.45) is 10.9. The van der Waals surface area contributed by atoms with E-state index in [1.54, 1.807) is 12.1 Å². The first-order valence-corrected chi connectivity index (χ1v) is 10.4. The molecule has 0 unspecified atom stereocenters. The summed E-state index contributed by atoms with van der Waals surface area (Å²) < 4.78 is 5.52. The molecule has 0 amide bonds. The molecule has 1 aromatic carbocycles. The van der Waals surface area contributed by atoms with Crippen molar-refractivity contribution in [2.75, 3.05) is 0 Å². The van der Waals surface area contributed by atoms with Gasteiger partial charge >= 0.3 is 5.97 Å². The maximum absolute atomic E-state index is 12.5. The van der Waals surface area contributed by atoms with E-state index in [9.17, 15) is 10.1 Å². The first-order valence-electron chi connectivity index (χ1n) is 10.0. The second-order valence-corrected chi connectivity index (χ2v) is 8.41. The van der Waals surface area contributed by atoms with Crippen LogP contribution in [0.15, 0.2) is 18.2 Å². The van der Waals surface area contributed by atoms with Crippen molar-refractivity contribution < 1.29 is 9.53 Å². The Morgan fingerprint density at radius 1 is 1.12 bits per heavy atom. The Kier molecular flexibility index (Phi) is 6.59. The van der Waals surface area contributed by atoms with E-state index in [-0.39, 0.29) is 11.9 Å². The van der Waals surface area contributed by atoms with Crippen molar-refractivity contribution in [1.82, 2.24) is 0 Å². The highest BCUT2D eigenvalue weighted by molar-refractivity contribution is 6.30. The molecule has 2 aliphatic rings. The lowest BCUT2D eigenvalue weighted by Crippen LogP contribution is -2.30. The monoisotopic (exact) mass is 373 g/mol. The van der Waals surface area contributed by atoms with E-state index < -0.39 is 0 Å². The molecular formula is C22H28ClNO2. The molecule has 0 bridgehead atoms. The molecule has 26 heavy (non-hydrogen) atoms. The predicted molar refractivity (Wildman–Crippen MR) is 103 cm³/mol. The number of carbonyl (C=O) groups is 1. The van der Waals surface area contributed by atoms with E-state index in [2.05, 4.69) is 6.92 Å². The molecule has 140 valence electrons. The van der Waals surface area contributed by atoms with Crippen LogP contribution in [0.4, 0.5) is 0 Å². The lowest BCUT2D eigenvalue weighted by atomic mass is 9.69. The molecule has 0 aromatic heterocycles. The fourth-order valence-electron chi connectivity index (χ4n) is 4.76. The Labute approximate surface area is 161 Å². The first kappa shape index (κ1) is 19.2. The molecule has 0 radical (unpaired) electrons. The number of carbonyl (C=O) groups excluding carboxylic acids is 1. The van der Waals surface area contributed by atoms with Gasteiger partial charge in [-0.05, 0) is 74.5 Å². The van der Waals surface area contributed by atoms with Crippen LogP contribution in [0.3, 0.4) is 0 Å². The van der Waals surface area contributed by atoms with E-state index in [4.69, 9.17) is 16.3 Å². The lowest BCUT2D eigenvalue weighted by molar-refractivity contribution is -0.140. The summed E-state index contributed by atoms with van der Waals surface area (Å²) in [6, 6.07) is 6.83. The van der Waals surface area contributed by atoms with Crippen LogP contribution in [0.1, 0.15) is 70.3 Å². The SMILES string of the molecule is CC[C@H]1CC[C@H]([C@H]2CC[C@H](C(=O)Oc3ccc(Cl)cc3C#N)CC2)CC1. The number of hydrogen-bond acceptors (Lipinski definition) is 3. The Morgan fingerprint density at radius 2 is 1.73 bits per heavy atom. The van der Waals surface area contributed by atoms with Gasteiger partial charge < -0.3 is 4.74 Å². The summed E-state index contributed by atoms with van der Waals surface area (Å²) in [5.41, 5.74) is 0.312. The van der Waals surface area contributed by atoms with Gasteiger partial charge in [-0.25, -0.2) is 0 Å². The zero-order chi connectivity index (χ0) is 18.5. The van der Waals surface area contributed by atoms with E-state index in [0.29, 0.717) is 16.3 Å². The third-order valence-electron chi connectivity index (χ3n) is 6.51. The summed E-state index contributed by atoms with van der Waals surface area (Å²) in [4.78, 5) is 12.5. The number of rotatable bonds is 4. The molecule has 3 nitrogen and oxygen atoms in total. The van der Waals surface area contributed by atoms with Gasteiger partial charge in [0.25, 0.3) is 0 Å². The summed E-state index contributed by atoms with van der Waals surface area (Å²) in [5.74, 6) is 2.66. The fraction of sp³-hybridized carbons (Fsp3) is 0.636. The van der Waals surface area contributed by atoms with Gasteiger partial charge in [0.15, 0.2) is 0 Å². The van der Waals surface area contributed by atoms with E-state index in [1.807, 2.05) is 6.07 Å². The molecule has 0 aliphatic heterocycles. The van der Waals surface area contributed by atoms with Crippen molar-refractivity contribution in [1.29, 1.82) is 5.26 Å². The van der Waals surface area contributed by atoms with Crippen LogP contribution in [0.25, 0.3) is 0 Å². The molecule has 0 heterocycles. The van der Waals surface area contributed by atoms with Gasteiger partial charge in [-0.1, -0.05) is 37.8 Å². The Balaban J connectivity index is 1.50. The van der Waals surface area contributed by atoms with Gasteiger partial charge in [-0.15, -0.1) is 0 Å². The molecule has 2 fully saturated rings. The van der Waals surface area contributed by atoms with Crippen molar-refractivity contribution in [3.8, 4) is 11.8 Å². The minimum Gasteiger partial charge on any atom is -0.425 e. The average molecular weight is 374 g/mol. The largest absolute Gasteiger partial charge is 0.425 e. The number of hydrogen-bond donors (Lipinski definition) is 0. The second-order valence-electron chi connectivity index (χ2n) is 7.97. The number of ether oxygens (including phenoxy) is 1. The van der Waals surface area contributed by atoms with Crippen LogP contribution in [-0.2, 0) is 4.79 Å². The predicted octanol–water partition coefficient (Wildman–Crippen LogP) is 6.14. The summed E-state index contributed by atoms with van der Waals surface area (Å²) in [6.45, 7) is 2.31.